The first-order valence-electron chi connectivity index (χ1n) is 10.3. The molecule has 1 atom stereocenters. The summed E-state index contributed by atoms with van der Waals surface area (Å²) >= 11 is 0. The van der Waals surface area contributed by atoms with Crippen LogP contribution in [0, 0.1) is 10.1 Å². The molecule has 1 N–H and O–H groups in total. The van der Waals surface area contributed by atoms with Crippen molar-refractivity contribution in [3.05, 3.63) is 69.4 Å². The van der Waals surface area contributed by atoms with E-state index in [4.69, 9.17) is 14.2 Å². The minimum absolute atomic E-state index is 0.0192. The van der Waals surface area contributed by atoms with Crippen molar-refractivity contribution in [2.45, 2.75) is 12.5 Å². The number of rotatable bonds is 9. The van der Waals surface area contributed by atoms with Gasteiger partial charge in [-0.15, -0.1) is 0 Å². The van der Waals surface area contributed by atoms with E-state index >= 15 is 0 Å². The molecule has 10 heteroatoms. The van der Waals surface area contributed by atoms with Crippen molar-refractivity contribution in [1.29, 1.82) is 0 Å². The van der Waals surface area contributed by atoms with E-state index in [-0.39, 0.29) is 11.6 Å². The van der Waals surface area contributed by atoms with Gasteiger partial charge in [0.2, 0.25) is 0 Å². The molecule has 0 spiro atoms. The number of amides is 1. The minimum atomic E-state index is -0.488. The quantitative estimate of drug-likeness (QED) is 0.299. The van der Waals surface area contributed by atoms with Crippen LogP contribution in [-0.4, -0.2) is 60.4 Å². The molecular formula is C23H24N4O6. The second-order valence-corrected chi connectivity index (χ2v) is 7.52. The summed E-state index contributed by atoms with van der Waals surface area (Å²) in [5.74, 6) is 1.05. The smallest absolute Gasteiger partial charge is 0.273 e. The maximum Gasteiger partial charge on any atom is 0.273 e. The Morgan fingerprint density at radius 3 is 2.52 bits per heavy atom. The van der Waals surface area contributed by atoms with Gasteiger partial charge in [0.25, 0.3) is 11.6 Å². The summed E-state index contributed by atoms with van der Waals surface area (Å²) in [5.41, 5.74) is 3.03. The van der Waals surface area contributed by atoms with Gasteiger partial charge in [-0.2, -0.15) is 5.10 Å². The molecule has 0 saturated heterocycles. The van der Waals surface area contributed by atoms with Crippen LogP contribution in [-0.2, 0) is 4.74 Å². The van der Waals surface area contributed by atoms with E-state index in [2.05, 4.69) is 10.2 Å². The summed E-state index contributed by atoms with van der Waals surface area (Å²) < 4.78 is 16.2. The van der Waals surface area contributed by atoms with Crippen LogP contribution in [0.2, 0.25) is 0 Å². The average molecular weight is 452 g/mol. The van der Waals surface area contributed by atoms with Gasteiger partial charge in [-0.1, -0.05) is 0 Å². The van der Waals surface area contributed by atoms with Crippen LogP contribution >= 0.6 is 0 Å². The molecule has 0 fully saturated rings. The third-order valence-electron chi connectivity index (χ3n) is 5.69. The van der Waals surface area contributed by atoms with Crippen molar-refractivity contribution in [2.24, 2.45) is 0 Å². The Morgan fingerprint density at radius 2 is 1.88 bits per heavy atom. The average Bonchev–Trinajstić information content (AvgIpc) is 3.38. The maximum atomic E-state index is 13.4. The van der Waals surface area contributed by atoms with E-state index in [1.165, 1.54) is 12.1 Å². The van der Waals surface area contributed by atoms with Gasteiger partial charge in [-0.05, 0) is 36.8 Å². The number of fused-ring (bicyclic) bond motifs is 1. The Kier molecular flexibility index (Phi) is 6.27. The Bertz CT molecular complexity index is 1170. The molecule has 172 valence electrons. The van der Waals surface area contributed by atoms with Crippen LogP contribution in [0.3, 0.4) is 0 Å². The molecule has 1 aliphatic rings. The molecule has 0 bridgehead atoms. The summed E-state index contributed by atoms with van der Waals surface area (Å²) in [5, 5.41) is 18.3. The highest BCUT2D eigenvalue weighted by atomic mass is 16.6. The molecular weight excluding hydrogens is 428 g/mol. The Hall–Kier alpha value is -3.92. The van der Waals surface area contributed by atoms with Gasteiger partial charge in [-0.3, -0.25) is 20.0 Å². The molecule has 1 unspecified atom stereocenters. The molecule has 33 heavy (non-hydrogen) atoms. The highest BCUT2D eigenvalue weighted by Crippen LogP contribution is 2.46. The number of H-pyrrole nitrogens is 1. The number of carbonyl (C=O) groups excluding carboxylic acids is 1. The molecule has 0 saturated carbocycles. The monoisotopic (exact) mass is 452 g/mol. The van der Waals surface area contributed by atoms with Crippen molar-refractivity contribution >= 4 is 11.6 Å². The first-order chi connectivity index (χ1) is 16.0. The van der Waals surface area contributed by atoms with Gasteiger partial charge >= 0.3 is 0 Å². The largest absolute Gasteiger partial charge is 0.497 e. The summed E-state index contributed by atoms with van der Waals surface area (Å²) in [6, 6.07) is 11.1. The van der Waals surface area contributed by atoms with Crippen molar-refractivity contribution in [3.8, 4) is 22.8 Å². The third-order valence-corrected chi connectivity index (χ3v) is 5.69. The number of nitrogens with zero attached hydrogens (tertiary/aromatic N) is 3. The fourth-order valence-corrected chi connectivity index (χ4v) is 4.14. The normalized spacial score (nSPS) is 14.9. The van der Waals surface area contributed by atoms with Gasteiger partial charge in [-0.25, -0.2) is 0 Å². The lowest BCUT2D eigenvalue weighted by Crippen LogP contribution is -2.31. The van der Waals surface area contributed by atoms with Gasteiger partial charge < -0.3 is 19.1 Å². The fourth-order valence-electron chi connectivity index (χ4n) is 4.14. The summed E-state index contributed by atoms with van der Waals surface area (Å²) in [4.78, 5) is 25.7. The highest BCUT2D eigenvalue weighted by Gasteiger charge is 2.43. The number of nitro benzene ring substituents is 1. The summed E-state index contributed by atoms with van der Waals surface area (Å²) in [6.07, 6.45) is 0.648. The van der Waals surface area contributed by atoms with Crippen LogP contribution in [0.5, 0.6) is 11.5 Å². The lowest BCUT2D eigenvalue weighted by atomic mass is 9.95. The highest BCUT2D eigenvalue weighted by molar-refractivity contribution is 6.00. The molecule has 2 aromatic carbocycles. The standard InChI is InChI=1S/C23H24N4O6/c1-31-12-4-11-26-22(17-13-16(32-2)9-10-18(17)33-3)19-20(24-25-21(19)23(26)28)14-5-7-15(8-6-14)27(29)30/h5-10,13,22H,4,11-12H2,1-3H3,(H,24,25). The molecule has 1 amide bonds. The number of carbonyl (C=O) groups is 1. The molecule has 1 aliphatic heterocycles. The van der Waals surface area contributed by atoms with Crippen molar-refractivity contribution in [3.63, 3.8) is 0 Å². The van der Waals surface area contributed by atoms with Crippen molar-refractivity contribution in [1.82, 2.24) is 15.1 Å². The Morgan fingerprint density at radius 1 is 1.12 bits per heavy atom. The summed E-state index contributed by atoms with van der Waals surface area (Å²) in [6.45, 7) is 0.965. The predicted octanol–water partition coefficient (Wildman–Crippen LogP) is 3.58. The number of aromatic amines is 1. The summed E-state index contributed by atoms with van der Waals surface area (Å²) in [7, 11) is 4.77. The number of methoxy groups -OCH3 is 3. The van der Waals surface area contributed by atoms with E-state index in [1.54, 1.807) is 50.5 Å². The van der Waals surface area contributed by atoms with Crippen LogP contribution in [0.1, 0.15) is 34.1 Å². The van der Waals surface area contributed by atoms with Crippen LogP contribution in [0.4, 0.5) is 5.69 Å². The van der Waals surface area contributed by atoms with E-state index in [0.717, 1.165) is 5.56 Å². The molecule has 10 nitrogen and oxygen atoms in total. The van der Waals surface area contributed by atoms with Crippen molar-refractivity contribution < 1.29 is 23.9 Å². The van der Waals surface area contributed by atoms with E-state index < -0.39 is 11.0 Å². The first-order valence-corrected chi connectivity index (χ1v) is 10.3. The van der Waals surface area contributed by atoms with Gasteiger partial charge in [0.15, 0.2) is 0 Å². The Labute approximate surface area is 190 Å². The first kappa shape index (κ1) is 22.3. The number of nitrogens with one attached hydrogen (secondary N) is 1. The van der Waals surface area contributed by atoms with Crippen LogP contribution in [0.15, 0.2) is 42.5 Å². The van der Waals surface area contributed by atoms with Crippen LogP contribution < -0.4 is 9.47 Å². The third kappa shape index (κ3) is 4.00. The molecule has 0 radical (unpaired) electrons. The maximum absolute atomic E-state index is 13.4. The van der Waals surface area contributed by atoms with Crippen molar-refractivity contribution in [2.75, 3.05) is 34.5 Å². The second-order valence-electron chi connectivity index (χ2n) is 7.52. The molecule has 0 aliphatic carbocycles. The zero-order chi connectivity index (χ0) is 23.5. The topological polar surface area (TPSA) is 120 Å². The second kappa shape index (κ2) is 9.29. The Balaban J connectivity index is 1.86. The van der Waals surface area contributed by atoms with Gasteiger partial charge in [0.05, 0.1) is 30.9 Å². The molecule has 2 heterocycles. The number of hydrogen-bond donors (Lipinski definition) is 1. The lowest BCUT2D eigenvalue weighted by Gasteiger charge is -2.27. The number of non-ortho nitro benzene ring substituents is 1. The molecule has 3 aromatic rings. The molecule has 1 aromatic heterocycles. The molecule has 4 rings (SSSR count). The lowest BCUT2D eigenvalue weighted by molar-refractivity contribution is -0.384. The predicted molar refractivity (Wildman–Crippen MR) is 120 cm³/mol. The number of benzene rings is 2. The van der Waals surface area contributed by atoms with Gasteiger partial charge in [0.1, 0.15) is 17.2 Å². The van der Waals surface area contributed by atoms with Crippen LogP contribution in [0.25, 0.3) is 11.3 Å². The number of hydrogen-bond acceptors (Lipinski definition) is 7. The zero-order valence-corrected chi connectivity index (χ0v) is 18.5. The SMILES string of the molecule is COCCCN1C(=O)c2[nH]nc(-c3ccc([N+](=O)[O-])cc3)c2C1c1cc(OC)ccc1OC. The van der Waals surface area contributed by atoms with E-state index in [9.17, 15) is 14.9 Å². The van der Waals surface area contributed by atoms with Gasteiger partial charge in [0, 0.05) is 49.1 Å². The number of nitro groups is 1. The van der Waals surface area contributed by atoms with E-state index in [1.807, 2.05) is 6.07 Å². The minimum Gasteiger partial charge on any atom is -0.497 e. The fraction of sp³-hybridized carbons (Fsp3) is 0.304. The number of aromatic nitrogens is 2. The zero-order valence-electron chi connectivity index (χ0n) is 18.5. The number of ether oxygens (including phenoxy) is 3. The van der Waals surface area contributed by atoms with E-state index in [0.29, 0.717) is 53.6 Å².